The molecule has 14 N–H and O–H groups in total. The molecule has 0 spiro atoms. The Morgan fingerprint density at radius 2 is 0.800 bits per heavy atom. The molecule has 1 aliphatic rings. The van der Waals surface area contributed by atoms with E-state index in [9.17, 15) is 39.6 Å². The van der Waals surface area contributed by atoms with Crippen LogP contribution in [-0.4, -0.2) is 100 Å². The van der Waals surface area contributed by atoms with Crippen molar-refractivity contribution >= 4 is 168 Å². The van der Waals surface area contributed by atoms with Gasteiger partial charge in [0, 0.05) is 127 Å². The summed E-state index contributed by atoms with van der Waals surface area (Å²) in [4.78, 5) is 70.6. The number of carboxylic acid groups (broad SMARTS) is 4. The van der Waals surface area contributed by atoms with Crippen LogP contribution in [0.5, 0.6) is 0 Å². The number of morpholine rings is 1. The van der Waals surface area contributed by atoms with E-state index >= 15 is 0 Å². The molecule has 23 nitrogen and oxygen atoms in total. The normalized spacial score (nSPS) is 11.9. The highest BCUT2D eigenvalue weighted by atomic mass is 79.9. The zero-order valence-corrected chi connectivity index (χ0v) is 59.7. The third kappa shape index (κ3) is 17.0. The number of fused-ring (bicyclic) bond motifs is 5. The molecule has 0 atom stereocenters. The highest BCUT2D eigenvalue weighted by molar-refractivity contribution is 9.10. The van der Waals surface area contributed by atoms with E-state index in [1.165, 1.54) is 6.39 Å². The lowest BCUT2D eigenvalue weighted by molar-refractivity contribution is 0.0342. The molecule has 105 heavy (non-hydrogen) atoms. The summed E-state index contributed by atoms with van der Waals surface area (Å²) in [6.45, 7) is 4.70. The van der Waals surface area contributed by atoms with Crippen LogP contribution in [-0.2, 0) is 30.9 Å². The number of halogens is 3. The lowest BCUT2D eigenvalue weighted by Gasteiger charge is -2.27. The Labute approximate surface area is 622 Å². The number of anilines is 8. The minimum Gasteiger partial charge on any atom is -0.478 e. The molecule has 0 radical (unpaired) electrons. The van der Waals surface area contributed by atoms with Gasteiger partial charge in [-0.2, -0.15) is 0 Å². The number of nitrogens with zero attached hydrogens (tertiary/aromatic N) is 6. The number of rotatable bonds is 18. The number of nitrogens with two attached hydrogens (primary N) is 3. The first-order valence-corrected chi connectivity index (χ1v) is 34.7. The Hall–Kier alpha value is -11.8. The quantitative estimate of drug-likeness (QED) is 0.0380. The Balaban J connectivity index is 0.000000133. The Morgan fingerprint density at radius 3 is 1.22 bits per heavy atom. The number of ether oxygens (including phenoxy) is 1. The number of aromatic nitrogens is 5. The van der Waals surface area contributed by atoms with Gasteiger partial charge in [0.05, 0.1) is 103 Å². The number of aromatic carboxylic acids is 4. The van der Waals surface area contributed by atoms with Crippen LogP contribution < -0.4 is 38.5 Å². The minimum atomic E-state index is -1.01. The van der Waals surface area contributed by atoms with Gasteiger partial charge in [-0.25, -0.2) is 24.2 Å². The van der Waals surface area contributed by atoms with Crippen molar-refractivity contribution in [3.8, 4) is 11.1 Å². The van der Waals surface area contributed by atoms with Crippen LogP contribution in [0.15, 0.2) is 233 Å². The second kappa shape index (κ2) is 33.6. The maximum atomic E-state index is 11.7. The summed E-state index contributed by atoms with van der Waals surface area (Å²) in [6, 6.07) is 55.9. The van der Waals surface area contributed by atoms with Crippen molar-refractivity contribution in [1.29, 1.82) is 0 Å². The van der Waals surface area contributed by atoms with Gasteiger partial charge in [-0.15, -0.1) is 0 Å². The minimum absolute atomic E-state index is 0.179. The number of benzene rings is 9. The third-order valence-electron chi connectivity index (χ3n) is 17.2. The van der Waals surface area contributed by atoms with E-state index in [1.54, 1.807) is 122 Å². The summed E-state index contributed by atoms with van der Waals surface area (Å²) in [5.41, 5.74) is 33.4. The maximum Gasteiger partial charge on any atom is 0.337 e. The molecule has 15 rings (SSSR count). The number of pyridine rings is 4. The second-order valence-electron chi connectivity index (χ2n) is 23.8. The van der Waals surface area contributed by atoms with Crippen LogP contribution in [0.25, 0.3) is 65.8 Å². The molecule has 14 aromatic rings. The smallest absolute Gasteiger partial charge is 0.337 e. The van der Waals surface area contributed by atoms with Crippen molar-refractivity contribution < 1.29 is 48.8 Å². The Morgan fingerprint density at radius 1 is 0.429 bits per heavy atom. The fraction of sp³-hybridized carbons (Fsp3) is 0.101. The van der Waals surface area contributed by atoms with Crippen LogP contribution in [0.2, 0.25) is 5.02 Å². The predicted octanol–water partition coefficient (Wildman–Crippen LogP) is 16.9. The summed E-state index contributed by atoms with van der Waals surface area (Å²) in [7, 11) is 0. The molecule has 0 unspecified atom stereocenters. The first-order valence-electron chi connectivity index (χ1n) is 32.7. The first kappa shape index (κ1) is 73.0. The lowest BCUT2D eigenvalue weighted by atomic mass is 10.00. The zero-order valence-electron chi connectivity index (χ0n) is 55.7. The van der Waals surface area contributed by atoms with Crippen molar-refractivity contribution in [2.75, 3.05) is 47.6 Å². The predicted molar refractivity (Wildman–Crippen MR) is 417 cm³/mol. The fourth-order valence-electron chi connectivity index (χ4n) is 12.0. The van der Waals surface area contributed by atoms with Gasteiger partial charge in [0.25, 0.3) is 0 Å². The fourth-order valence-corrected chi connectivity index (χ4v) is 12.9. The third-order valence-corrected chi connectivity index (χ3v) is 18.4. The van der Waals surface area contributed by atoms with Crippen LogP contribution in [0.1, 0.15) is 63.7 Å². The molecule has 6 heterocycles. The molecule has 0 aliphatic carbocycles. The van der Waals surface area contributed by atoms with Crippen LogP contribution >= 0.6 is 43.5 Å². The molecule has 9 aromatic carbocycles. The van der Waals surface area contributed by atoms with Crippen LogP contribution in [0.4, 0.5) is 45.5 Å². The van der Waals surface area contributed by atoms with Gasteiger partial charge in [0.2, 0.25) is 0 Å². The summed E-state index contributed by atoms with van der Waals surface area (Å²) in [5.74, 6) is -3.95. The summed E-state index contributed by atoms with van der Waals surface area (Å²) >= 11 is 13.1. The van der Waals surface area contributed by atoms with Crippen LogP contribution in [0.3, 0.4) is 0 Å². The van der Waals surface area contributed by atoms with Gasteiger partial charge in [0.15, 0.2) is 12.0 Å². The summed E-state index contributed by atoms with van der Waals surface area (Å²) < 4.78 is 12.9. The van der Waals surface area contributed by atoms with E-state index in [4.69, 9.17) is 38.0 Å². The molecule has 26 heteroatoms. The highest BCUT2D eigenvalue weighted by Crippen LogP contribution is 2.39. The standard InChI is InChI=1S/C24H18N4O3.C21H20BrN3O3.C17H14BrN3O2.C17H14ClN3O2/c25-11-15-12-26-19-9-8-14(16-5-3-7-21-23(16)31-13-27-21)10-18(19)22(15)28-20-6-2-1-4-17(20)24(29)30;22-15-5-6-18-17(11-15)20(24-19-4-2-1-3-16(19)21(26)27)14(12-23-18)13-25-7-9-28-10-8-25;2*18-11-5-6-14-13(7-11)16(10(8-19)9-20-14)21-15-4-2-1-3-12(15)17(22)23/h1-10,12-13H,11,25H2,(H,26,28)(H,29,30);1-6,11-12H,7-10,13H2,(H,23,24)(H,26,27);2*1-7,9H,8,19H2,(H,20,21)(H,22,23). The van der Waals surface area contributed by atoms with Gasteiger partial charge in [0.1, 0.15) is 5.52 Å². The molecule has 528 valence electrons. The number of para-hydroxylation sites is 5. The first-order chi connectivity index (χ1) is 51.0. The molecule has 5 aromatic heterocycles. The van der Waals surface area contributed by atoms with Gasteiger partial charge in [-0.1, -0.05) is 110 Å². The SMILES string of the molecule is NCc1cnc2ccc(-c3cccc4ncoc34)cc2c1Nc1ccccc1C(=O)O.NCc1cnc2ccc(Br)cc2c1Nc1ccccc1C(=O)O.NCc1cnc2ccc(Cl)cc2c1Nc1ccccc1C(=O)O.O=C(O)c1ccccc1Nc1c(CN2CCOCC2)cnc2ccc(Br)cc12. The van der Waals surface area contributed by atoms with E-state index < -0.39 is 23.9 Å². The lowest BCUT2D eigenvalue weighted by Crippen LogP contribution is -2.35. The van der Waals surface area contributed by atoms with Gasteiger partial charge in [-0.3, -0.25) is 24.8 Å². The number of hydrogen-bond donors (Lipinski definition) is 11. The van der Waals surface area contributed by atoms with E-state index in [-0.39, 0.29) is 35.3 Å². The molecule has 0 amide bonds. The number of hydrogen-bond acceptors (Lipinski definition) is 19. The van der Waals surface area contributed by atoms with Gasteiger partial charge >= 0.3 is 23.9 Å². The number of carboxylic acids is 4. The second-order valence-corrected chi connectivity index (χ2v) is 26.0. The Bertz CT molecular complexity index is 5460. The summed E-state index contributed by atoms with van der Waals surface area (Å²) in [6.07, 6.45) is 8.41. The number of carbonyl (C=O) groups is 4. The van der Waals surface area contributed by atoms with E-state index in [2.05, 4.69) is 82.9 Å². The number of oxazole rings is 1. The average Bonchev–Trinajstić information content (AvgIpc) is 1.41. The van der Waals surface area contributed by atoms with Crippen molar-refractivity contribution in [3.63, 3.8) is 0 Å². The van der Waals surface area contributed by atoms with E-state index in [0.717, 1.165) is 141 Å². The largest absolute Gasteiger partial charge is 0.478 e. The number of nitrogens with one attached hydrogen (secondary N) is 4. The van der Waals surface area contributed by atoms with Crippen molar-refractivity contribution in [3.05, 3.63) is 278 Å². The monoisotopic (exact) mass is 1550 g/mol. The molecular formula is C79H66Br2ClN13O10. The molecular weight excluding hydrogens is 1490 g/mol. The maximum absolute atomic E-state index is 11.7. The van der Waals surface area contributed by atoms with E-state index in [0.29, 0.717) is 45.6 Å². The topological polar surface area (TPSA) is 365 Å². The molecule has 1 saturated heterocycles. The molecule has 1 aliphatic heterocycles. The molecule has 0 bridgehead atoms. The van der Waals surface area contributed by atoms with Crippen LogP contribution in [0, 0.1) is 0 Å². The zero-order chi connectivity index (χ0) is 73.7. The van der Waals surface area contributed by atoms with Crippen molar-refractivity contribution in [2.45, 2.75) is 26.2 Å². The molecule has 1 fully saturated rings. The molecule has 0 saturated carbocycles. The highest BCUT2D eigenvalue weighted by Gasteiger charge is 2.22. The van der Waals surface area contributed by atoms with Gasteiger partial charge in [-0.05, 0) is 127 Å². The van der Waals surface area contributed by atoms with Crippen molar-refractivity contribution in [1.82, 2.24) is 29.8 Å². The average molecular weight is 1550 g/mol. The van der Waals surface area contributed by atoms with E-state index in [1.807, 2.05) is 91.1 Å². The summed E-state index contributed by atoms with van der Waals surface area (Å²) in [5, 5.41) is 54.9. The Kier molecular flexibility index (Phi) is 23.3. The van der Waals surface area contributed by atoms with Gasteiger partial charge < -0.3 is 68.0 Å². The van der Waals surface area contributed by atoms with Crippen molar-refractivity contribution in [2.24, 2.45) is 17.2 Å².